The van der Waals surface area contributed by atoms with Crippen molar-refractivity contribution in [3.8, 4) is 11.3 Å². The standard InChI is InChI=1S/C21H17F3N2O3S/c1-2-29-17(27)12-16-18(13-6-4-3-5-7-13)25-20(30-16)26-19(28)14-8-10-15(11-9-14)21(22,23)24/h3-11H,2,12H2,1H3,(H,25,26,28). The zero-order chi connectivity index (χ0) is 21.7. The number of halogens is 3. The Kier molecular flexibility index (Phi) is 6.51. The van der Waals surface area contributed by atoms with Crippen LogP contribution in [0, 0.1) is 0 Å². The smallest absolute Gasteiger partial charge is 0.416 e. The van der Waals surface area contributed by atoms with Gasteiger partial charge in [0.05, 0.1) is 24.3 Å². The van der Waals surface area contributed by atoms with E-state index in [9.17, 15) is 22.8 Å². The van der Waals surface area contributed by atoms with Crippen molar-refractivity contribution >= 4 is 28.3 Å². The van der Waals surface area contributed by atoms with E-state index in [1.54, 1.807) is 6.92 Å². The van der Waals surface area contributed by atoms with E-state index in [-0.39, 0.29) is 23.7 Å². The minimum atomic E-state index is -4.48. The van der Waals surface area contributed by atoms with Crippen molar-refractivity contribution < 1.29 is 27.5 Å². The van der Waals surface area contributed by atoms with Crippen molar-refractivity contribution in [1.29, 1.82) is 0 Å². The Labute approximate surface area is 174 Å². The Hall–Kier alpha value is -3.20. The maximum absolute atomic E-state index is 12.7. The maximum Gasteiger partial charge on any atom is 0.416 e. The topological polar surface area (TPSA) is 68.3 Å². The maximum atomic E-state index is 12.7. The molecule has 0 spiro atoms. The molecule has 156 valence electrons. The molecule has 1 aromatic heterocycles. The fourth-order valence-electron chi connectivity index (χ4n) is 2.67. The predicted octanol–water partition coefficient (Wildman–Crippen LogP) is 5.19. The third kappa shape index (κ3) is 5.24. The molecule has 3 rings (SSSR count). The van der Waals surface area contributed by atoms with Crippen LogP contribution in [0.25, 0.3) is 11.3 Å². The number of rotatable bonds is 6. The fraction of sp³-hybridized carbons (Fsp3) is 0.190. The average molecular weight is 434 g/mol. The molecule has 1 N–H and O–H groups in total. The molecule has 0 aliphatic rings. The molecular weight excluding hydrogens is 417 g/mol. The van der Waals surface area contributed by atoms with Gasteiger partial charge in [-0.15, -0.1) is 11.3 Å². The molecule has 1 amide bonds. The molecule has 0 bridgehead atoms. The van der Waals surface area contributed by atoms with Gasteiger partial charge in [0.25, 0.3) is 5.91 Å². The number of alkyl halides is 3. The second kappa shape index (κ2) is 9.08. The van der Waals surface area contributed by atoms with Crippen LogP contribution in [0.4, 0.5) is 18.3 Å². The van der Waals surface area contributed by atoms with Crippen LogP contribution in [-0.2, 0) is 22.1 Å². The molecule has 0 unspecified atom stereocenters. The number of carbonyl (C=O) groups excluding carboxylic acids is 2. The van der Waals surface area contributed by atoms with Crippen molar-refractivity contribution in [2.24, 2.45) is 0 Å². The third-order valence-corrected chi connectivity index (χ3v) is 5.02. The summed E-state index contributed by atoms with van der Waals surface area (Å²) < 4.78 is 43.1. The number of nitrogens with zero attached hydrogens (tertiary/aromatic N) is 1. The van der Waals surface area contributed by atoms with Crippen LogP contribution >= 0.6 is 11.3 Å². The summed E-state index contributed by atoms with van der Waals surface area (Å²) in [6.07, 6.45) is -4.48. The Morgan fingerprint density at radius 1 is 1.07 bits per heavy atom. The van der Waals surface area contributed by atoms with Crippen LogP contribution in [0.15, 0.2) is 54.6 Å². The molecule has 3 aromatic rings. The molecule has 0 saturated carbocycles. The van der Waals surface area contributed by atoms with E-state index >= 15 is 0 Å². The van der Waals surface area contributed by atoms with Gasteiger partial charge in [-0.05, 0) is 31.2 Å². The first-order valence-electron chi connectivity index (χ1n) is 8.97. The number of aromatic nitrogens is 1. The van der Waals surface area contributed by atoms with Gasteiger partial charge < -0.3 is 4.74 Å². The van der Waals surface area contributed by atoms with Gasteiger partial charge in [0.15, 0.2) is 5.13 Å². The normalized spacial score (nSPS) is 11.2. The average Bonchev–Trinajstić information content (AvgIpc) is 3.10. The fourth-order valence-corrected chi connectivity index (χ4v) is 3.63. The van der Waals surface area contributed by atoms with Gasteiger partial charge in [-0.25, -0.2) is 4.98 Å². The Bertz CT molecular complexity index is 1030. The number of carbonyl (C=O) groups is 2. The van der Waals surface area contributed by atoms with E-state index in [0.717, 1.165) is 41.2 Å². The van der Waals surface area contributed by atoms with Gasteiger partial charge in [0.1, 0.15) is 0 Å². The largest absolute Gasteiger partial charge is 0.466 e. The molecule has 0 saturated heterocycles. The summed E-state index contributed by atoms with van der Waals surface area (Å²) in [7, 11) is 0. The SMILES string of the molecule is CCOC(=O)Cc1sc(NC(=O)c2ccc(C(F)(F)F)cc2)nc1-c1ccccc1. The number of thiazole rings is 1. The lowest BCUT2D eigenvalue weighted by molar-refractivity contribution is -0.142. The minimum absolute atomic E-state index is 0.00805. The lowest BCUT2D eigenvalue weighted by atomic mass is 10.1. The Morgan fingerprint density at radius 2 is 1.73 bits per heavy atom. The van der Waals surface area contributed by atoms with Crippen LogP contribution in [0.3, 0.4) is 0 Å². The first kappa shape index (κ1) is 21.5. The minimum Gasteiger partial charge on any atom is -0.466 e. The highest BCUT2D eigenvalue weighted by molar-refractivity contribution is 7.16. The lowest BCUT2D eigenvalue weighted by Gasteiger charge is -2.07. The quantitative estimate of drug-likeness (QED) is 0.543. The van der Waals surface area contributed by atoms with E-state index in [2.05, 4.69) is 10.3 Å². The van der Waals surface area contributed by atoms with Crippen LogP contribution in [-0.4, -0.2) is 23.5 Å². The Morgan fingerprint density at radius 3 is 2.33 bits per heavy atom. The van der Waals surface area contributed by atoms with Gasteiger partial charge in [0.2, 0.25) is 0 Å². The van der Waals surface area contributed by atoms with E-state index in [1.165, 1.54) is 0 Å². The van der Waals surface area contributed by atoms with Gasteiger partial charge in [-0.2, -0.15) is 13.2 Å². The lowest BCUT2D eigenvalue weighted by Crippen LogP contribution is -2.12. The molecule has 0 aliphatic heterocycles. The van der Waals surface area contributed by atoms with Crippen molar-refractivity contribution in [2.45, 2.75) is 19.5 Å². The summed E-state index contributed by atoms with van der Waals surface area (Å²) in [5.74, 6) is -1.02. The predicted molar refractivity (Wildman–Crippen MR) is 107 cm³/mol. The molecule has 9 heteroatoms. The number of amides is 1. The van der Waals surface area contributed by atoms with Gasteiger partial charge in [0, 0.05) is 16.0 Å². The highest BCUT2D eigenvalue weighted by atomic mass is 32.1. The van der Waals surface area contributed by atoms with Crippen molar-refractivity contribution in [3.05, 3.63) is 70.6 Å². The summed E-state index contributed by atoms with van der Waals surface area (Å²) in [6, 6.07) is 13.0. The number of hydrogen-bond acceptors (Lipinski definition) is 5. The summed E-state index contributed by atoms with van der Waals surface area (Å²) >= 11 is 1.12. The molecule has 5 nitrogen and oxygen atoms in total. The Balaban J connectivity index is 1.84. The zero-order valence-electron chi connectivity index (χ0n) is 15.8. The summed E-state index contributed by atoms with van der Waals surface area (Å²) in [5, 5.41) is 2.82. The number of ether oxygens (including phenoxy) is 1. The molecule has 1 heterocycles. The van der Waals surface area contributed by atoms with Crippen LogP contribution in [0.1, 0.15) is 27.7 Å². The van der Waals surface area contributed by atoms with Crippen molar-refractivity contribution in [2.75, 3.05) is 11.9 Å². The van der Waals surface area contributed by atoms with Gasteiger partial charge in [-0.1, -0.05) is 30.3 Å². The van der Waals surface area contributed by atoms with Crippen molar-refractivity contribution in [1.82, 2.24) is 4.98 Å². The molecule has 2 aromatic carbocycles. The highest BCUT2D eigenvalue weighted by Crippen LogP contribution is 2.32. The summed E-state index contributed by atoms with van der Waals surface area (Å²) in [4.78, 5) is 29.4. The summed E-state index contributed by atoms with van der Waals surface area (Å²) in [6.45, 7) is 1.95. The second-order valence-electron chi connectivity index (χ2n) is 6.17. The van der Waals surface area contributed by atoms with E-state index in [0.29, 0.717) is 10.6 Å². The second-order valence-corrected chi connectivity index (χ2v) is 7.25. The number of benzene rings is 2. The molecule has 0 atom stereocenters. The number of hydrogen-bond donors (Lipinski definition) is 1. The number of anilines is 1. The van der Waals surface area contributed by atoms with Crippen LogP contribution in [0.5, 0.6) is 0 Å². The molecule has 0 fully saturated rings. The van der Waals surface area contributed by atoms with Crippen LogP contribution < -0.4 is 5.32 Å². The van der Waals surface area contributed by atoms with E-state index in [4.69, 9.17) is 4.74 Å². The highest BCUT2D eigenvalue weighted by Gasteiger charge is 2.30. The summed E-state index contributed by atoms with van der Waals surface area (Å²) in [5.41, 5.74) is 0.530. The van der Waals surface area contributed by atoms with Crippen molar-refractivity contribution in [3.63, 3.8) is 0 Å². The first-order valence-corrected chi connectivity index (χ1v) is 9.79. The third-order valence-electron chi connectivity index (χ3n) is 4.05. The van der Waals surface area contributed by atoms with E-state index in [1.807, 2.05) is 30.3 Å². The molecule has 30 heavy (non-hydrogen) atoms. The molecule has 0 aliphatic carbocycles. The first-order chi connectivity index (χ1) is 14.3. The van der Waals surface area contributed by atoms with Gasteiger partial charge >= 0.3 is 12.1 Å². The molecule has 0 radical (unpaired) electrons. The zero-order valence-corrected chi connectivity index (χ0v) is 16.6. The monoisotopic (exact) mass is 434 g/mol. The van der Waals surface area contributed by atoms with Gasteiger partial charge in [-0.3, -0.25) is 14.9 Å². The van der Waals surface area contributed by atoms with E-state index < -0.39 is 23.6 Å². The van der Waals surface area contributed by atoms with Crippen LogP contribution in [0.2, 0.25) is 0 Å². The number of esters is 1. The molecular formula is C21H17F3N2O3S. The number of nitrogens with one attached hydrogen (secondary N) is 1.